The van der Waals surface area contributed by atoms with Gasteiger partial charge in [0.05, 0.1) is 5.69 Å². The molecule has 0 aliphatic carbocycles. The van der Waals surface area contributed by atoms with Crippen molar-refractivity contribution in [1.82, 2.24) is 5.16 Å². The summed E-state index contributed by atoms with van der Waals surface area (Å²) in [7, 11) is 0. The van der Waals surface area contributed by atoms with Crippen molar-refractivity contribution in [3.8, 4) is 11.1 Å². The number of alkyl halides is 1. The summed E-state index contributed by atoms with van der Waals surface area (Å²) in [5.41, 5.74) is 4.21. The number of hydrogen-bond acceptors (Lipinski definition) is 2. The predicted octanol–water partition coefficient (Wildman–Crippen LogP) is 3.70. The van der Waals surface area contributed by atoms with Gasteiger partial charge in [-0.3, -0.25) is 0 Å². The van der Waals surface area contributed by atoms with Gasteiger partial charge in [-0.15, -0.1) is 11.6 Å². The lowest BCUT2D eigenvalue weighted by Crippen LogP contribution is -1.84. The van der Waals surface area contributed by atoms with Gasteiger partial charge < -0.3 is 4.52 Å². The van der Waals surface area contributed by atoms with E-state index in [9.17, 15) is 0 Å². The highest BCUT2D eigenvalue weighted by molar-refractivity contribution is 6.17. The fraction of sp³-hybridized carbons (Fsp3) is 0.250. The molecule has 2 aromatic rings. The van der Waals surface area contributed by atoms with Gasteiger partial charge in [-0.05, 0) is 31.0 Å². The van der Waals surface area contributed by atoms with Crippen LogP contribution in [0.25, 0.3) is 11.1 Å². The predicted molar refractivity (Wildman–Crippen MR) is 61.0 cm³/mol. The van der Waals surface area contributed by atoms with Crippen LogP contribution in [0, 0.1) is 13.8 Å². The molecule has 0 saturated carbocycles. The molecule has 1 aromatic carbocycles. The summed E-state index contributed by atoms with van der Waals surface area (Å²) in [5.74, 6) is 1.37. The second kappa shape index (κ2) is 4.07. The van der Waals surface area contributed by atoms with Crippen molar-refractivity contribution < 1.29 is 4.52 Å². The largest absolute Gasteiger partial charge is 0.361 e. The Kier molecular flexibility index (Phi) is 2.78. The standard InChI is InChI=1S/C12H12ClNO/c1-8-12(9(2)15-14-8)11-5-3-4-10(6-11)7-13/h3-6H,7H2,1-2H3. The Balaban J connectivity index is 2.53. The molecular formula is C12H12ClNO. The summed E-state index contributed by atoms with van der Waals surface area (Å²) in [5, 5.41) is 3.94. The van der Waals surface area contributed by atoms with Gasteiger partial charge >= 0.3 is 0 Å². The number of benzene rings is 1. The first-order valence-electron chi connectivity index (χ1n) is 4.80. The second-order valence-electron chi connectivity index (χ2n) is 3.53. The first kappa shape index (κ1) is 10.2. The Bertz CT molecular complexity index is 457. The van der Waals surface area contributed by atoms with Crippen LogP contribution in [0.3, 0.4) is 0 Å². The average molecular weight is 222 g/mol. The zero-order chi connectivity index (χ0) is 10.8. The van der Waals surface area contributed by atoms with Crippen LogP contribution in [0.4, 0.5) is 0 Å². The van der Waals surface area contributed by atoms with E-state index in [1.807, 2.05) is 32.0 Å². The van der Waals surface area contributed by atoms with Crippen LogP contribution in [0.15, 0.2) is 28.8 Å². The summed E-state index contributed by atoms with van der Waals surface area (Å²) in [6.07, 6.45) is 0. The van der Waals surface area contributed by atoms with E-state index in [1.165, 1.54) is 0 Å². The van der Waals surface area contributed by atoms with E-state index in [0.717, 1.165) is 28.1 Å². The fourth-order valence-electron chi connectivity index (χ4n) is 1.71. The SMILES string of the molecule is Cc1noc(C)c1-c1cccc(CCl)c1. The molecule has 0 atom stereocenters. The topological polar surface area (TPSA) is 26.0 Å². The van der Waals surface area contributed by atoms with Gasteiger partial charge in [0.15, 0.2) is 0 Å². The molecule has 15 heavy (non-hydrogen) atoms. The van der Waals surface area contributed by atoms with Gasteiger partial charge in [-0.1, -0.05) is 23.4 Å². The Morgan fingerprint density at radius 3 is 2.73 bits per heavy atom. The molecule has 0 saturated heterocycles. The third-order valence-corrected chi connectivity index (χ3v) is 2.71. The van der Waals surface area contributed by atoms with Crippen molar-refractivity contribution in [1.29, 1.82) is 0 Å². The number of halogens is 1. The van der Waals surface area contributed by atoms with E-state index in [2.05, 4.69) is 11.2 Å². The van der Waals surface area contributed by atoms with Gasteiger partial charge in [0.1, 0.15) is 5.76 Å². The molecule has 1 aromatic heterocycles. The number of nitrogens with zero attached hydrogens (tertiary/aromatic N) is 1. The molecule has 78 valence electrons. The Morgan fingerprint density at radius 1 is 1.33 bits per heavy atom. The van der Waals surface area contributed by atoms with Gasteiger partial charge in [0.25, 0.3) is 0 Å². The van der Waals surface area contributed by atoms with Crippen LogP contribution in [-0.4, -0.2) is 5.16 Å². The summed E-state index contributed by atoms with van der Waals surface area (Å²) >= 11 is 5.80. The average Bonchev–Trinajstić information content (AvgIpc) is 2.59. The quantitative estimate of drug-likeness (QED) is 0.723. The number of aromatic nitrogens is 1. The van der Waals surface area contributed by atoms with E-state index in [0.29, 0.717) is 5.88 Å². The summed E-state index contributed by atoms with van der Waals surface area (Å²) < 4.78 is 5.14. The normalized spacial score (nSPS) is 10.6. The molecule has 3 heteroatoms. The molecule has 0 N–H and O–H groups in total. The van der Waals surface area contributed by atoms with Gasteiger partial charge in [0.2, 0.25) is 0 Å². The van der Waals surface area contributed by atoms with Crippen molar-refractivity contribution in [2.75, 3.05) is 0 Å². The van der Waals surface area contributed by atoms with Crippen LogP contribution in [0.1, 0.15) is 17.0 Å². The highest BCUT2D eigenvalue weighted by atomic mass is 35.5. The lowest BCUT2D eigenvalue weighted by atomic mass is 10.0. The molecule has 0 aliphatic rings. The van der Waals surface area contributed by atoms with Crippen molar-refractivity contribution in [2.45, 2.75) is 19.7 Å². The highest BCUT2D eigenvalue weighted by Gasteiger charge is 2.11. The minimum atomic E-state index is 0.525. The molecule has 2 rings (SSSR count). The first-order chi connectivity index (χ1) is 7.22. The smallest absolute Gasteiger partial charge is 0.141 e. The summed E-state index contributed by atoms with van der Waals surface area (Å²) in [4.78, 5) is 0. The second-order valence-corrected chi connectivity index (χ2v) is 3.80. The zero-order valence-electron chi connectivity index (χ0n) is 8.75. The van der Waals surface area contributed by atoms with Gasteiger partial charge in [-0.25, -0.2) is 0 Å². The van der Waals surface area contributed by atoms with Crippen LogP contribution >= 0.6 is 11.6 Å². The number of hydrogen-bond donors (Lipinski definition) is 0. The lowest BCUT2D eigenvalue weighted by molar-refractivity contribution is 0.393. The zero-order valence-corrected chi connectivity index (χ0v) is 9.51. The van der Waals surface area contributed by atoms with Crippen LogP contribution in [-0.2, 0) is 5.88 Å². The lowest BCUT2D eigenvalue weighted by Gasteiger charge is -2.02. The van der Waals surface area contributed by atoms with Crippen molar-refractivity contribution in [2.24, 2.45) is 0 Å². The molecule has 0 radical (unpaired) electrons. The van der Waals surface area contributed by atoms with E-state index < -0.39 is 0 Å². The minimum absolute atomic E-state index is 0.525. The molecule has 1 heterocycles. The molecule has 0 aliphatic heterocycles. The van der Waals surface area contributed by atoms with Crippen LogP contribution in [0.5, 0.6) is 0 Å². The minimum Gasteiger partial charge on any atom is -0.361 e. The first-order valence-corrected chi connectivity index (χ1v) is 5.34. The summed E-state index contributed by atoms with van der Waals surface area (Å²) in [6, 6.07) is 8.12. The molecule has 0 spiro atoms. The van der Waals surface area contributed by atoms with E-state index in [1.54, 1.807) is 0 Å². The van der Waals surface area contributed by atoms with Crippen molar-refractivity contribution in [3.63, 3.8) is 0 Å². The van der Waals surface area contributed by atoms with E-state index in [-0.39, 0.29) is 0 Å². The Labute approximate surface area is 93.9 Å². The highest BCUT2D eigenvalue weighted by Crippen LogP contribution is 2.27. The number of aryl methyl sites for hydroxylation is 2. The molecule has 0 bridgehead atoms. The number of rotatable bonds is 2. The Hall–Kier alpha value is -1.28. The molecular weight excluding hydrogens is 210 g/mol. The maximum Gasteiger partial charge on any atom is 0.141 e. The molecule has 0 amide bonds. The fourth-order valence-corrected chi connectivity index (χ4v) is 1.87. The Morgan fingerprint density at radius 2 is 2.13 bits per heavy atom. The molecule has 0 fully saturated rings. The van der Waals surface area contributed by atoms with Crippen molar-refractivity contribution in [3.05, 3.63) is 41.3 Å². The van der Waals surface area contributed by atoms with Crippen LogP contribution < -0.4 is 0 Å². The van der Waals surface area contributed by atoms with Gasteiger partial charge in [-0.2, -0.15) is 0 Å². The maximum atomic E-state index is 5.80. The molecule has 0 unspecified atom stereocenters. The van der Waals surface area contributed by atoms with E-state index >= 15 is 0 Å². The molecule has 2 nitrogen and oxygen atoms in total. The van der Waals surface area contributed by atoms with E-state index in [4.69, 9.17) is 16.1 Å². The third kappa shape index (κ3) is 1.90. The summed E-state index contributed by atoms with van der Waals surface area (Å²) in [6.45, 7) is 3.86. The maximum absolute atomic E-state index is 5.80. The van der Waals surface area contributed by atoms with Crippen molar-refractivity contribution >= 4 is 11.6 Å². The third-order valence-electron chi connectivity index (χ3n) is 2.40. The monoisotopic (exact) mass is 221 g/mol. The van der Waals surface area contributed by atoms with Crippen LogP contribution in [0.2, 0.25) is 0 Å². The van der Waals surface area contributed by atoms with Gasteiger partial charge in [0, 0.05) is 11.4 Å².